The fourth-order valence-electron chi connectivity index (χ4n) is 1.91. The van der Waals surface area contributed by atoms with Crippen LogP contribution in [-0.4, -0.2) is 23.6 Å². The molecule has 0 bridgehead atoms. The lowest BCUT2D eigenvalue weighted by atomic mass is 9.98. The van der Waals surface area contributed by atoms with Gasteiger partial charge >= 0.3 is 0 Å². The van der Waals surface area contributed by atoms with Crippen LogP contribution in [0.25, 0.3) is 0 Å². The highest BCUT2D eigenvalue weighted by atomic mass is 35.5. The number of benzene rings is 1. The fraction of sp³-hybridized carbons (Fsp3) is 0.500. The Kier molecular flexibility index (Phi) is 6.28. The van der Waals surface area contributed by atoms with Gasteiger partial charge in [0, 0.05) is 17.1 Å². The van der Waals surface area contributed by atoms with Crippen molar-refractivity contribution in [1.29, 1.82) is 0 Å². The summed E-state index contributed by atoms with van der Waals surface area (Å²) in [7, 11) is 0. The zero-order valence-electron chi connectivity index (χ0n) is 11.3. The molecule has 0 saturated carbocycles. The van der Waals surface area contributed by atoms with Crippen LogP contribution in [0.4, 0.5) is 0 Å². The van der Waals surface area contributed by atoms with Gasteiger partial charge in [-0.25, -0.2) is 0 Å². The molecular formula is C14H21ClN2O2. The number of aliphatic hydroxyl groups excluding tert-OH is 1. The van der Waals surface area contributed by atoms with Gasteiger partial charge in [0.25, 0.3) is 0 Å². The van der Waals surface area contributed by atoms with Gasteiger partial charge < -0.3 is 16.2 Å². The normalized spacial score (nSPS) is 15.8. The largest absolute Gasteiger partial charge is 0.387 e. The number of carbonyl (C=O) groups is 1. The summed E-state index contributed by atoms with van der Waals surface area (Å²) < 4.78 is 0. The number of hydrogen-bond donors (Lipinski definition) is 3. The van der Waals surface area contributed by atoms with E-state index in [1.165, 1.54) is 0 Å². The van der Waals surface area contributed by atoms with Gasteiger partial charge in [-0.15, -0.1) is 0 Å². The first kappa shape index (κ1) is 16.0. The molecule has 5 heteroatoms. The number of hydrogen-bond acceptors (Lipinski definition) is 3. The Bertz CT molecular complexity index is 426. The third-order valence-electron chi connectivity index (χ3n) is 3.31. The molecule has 4 nitrogen and oxygen atoms in total. The number of aliphatic hydroxyl groups is 1. The molecule has 4 N–H and O–H groups in total. The maximum absolute atomic E-state index is 11.4. The first-order chi connectivity index (χ1) is 8.97. The highest BCUT2D eigenvalue weighted by Gasteiger charge is 2.22. The highest BCUT2D eigenvalue weighted by Crippen LogP contribution is 2.22. The third kappa shape index (κ3) is 4.49. The average molecular weight is 285 g/mol. The molecule has 1 aromatic rings. The van der Waals surface area contributed by atoms with Gasteiger partial charge in [-0.1, -0.05) is 50.1 Å². The Morgan fingerprint density at radius 2 is 2.11 bits per heavy atom. The van der Waals surface area contributed by atoms with Crippen molar-refractivity contribution in [2.75, 3.05) is 6.54 Å². The second kappa shape index (κ2) is 7.48. The van der Waals surface area contributed by atoms with Crippen molar-refractivity contribution in [3.8, 4) is 0 Å². The molecule has 0 radical (unpaired) electrons. The molecule has 0 spiro atoms. The van der Waals surface area contributed by atoms with Crippen LogP contribution >= 0.6 is 11.6 Å². The van der Waals surface area contributed by atoms with Gasteiger partial charge in [-0.3, -0.25) is 4.79 Å². The Labute approximate surface area is 118 Å². The molecule has 1 rings (SSSR count). The lowest BCUT2D eigenvalue weighted by molar-refractivity contribution is -0.121. The summed E-state index contributed by atoms with van der Waals surface area (Å²) in [5.74, 6) is -0.281. The summed E-state index contributed by atoms with van der Waals surface area (Å²) in [6, 6.07) is 6.65. The number of halogens is 1. The van der Waals surface area contributed by atoms with Crippen LogP contribution in [0.1, 0.15) is 31.9 Å². The van der Waals surface area contributed by atoms with Crippen LogP contribution in [0, 0.1) is 5.92 Å². The predicted octanol–water partition coefficient (Wildman–Crippen LogP) is 1.86. The Morgan fingerprint density at radius 1 is 1.47 bits per heavy atom. The van der Waals surface area contributed by atoms with Gasteiger partial charge in [0.1, 0.15) is 0 Å². The van der Waals surface area contributed by atoms with Gasteiger partial charge in [-0.2, -0.15) is 0 Å². The monoisotopic (exact) mass is 284 g/mol. The Morgan fingerprint density at radius 3 is 2.63 bits per heavy atom. The maximum atomic E-state index is 11.4. The van der Waals surface area contributed by atoms with Crippen molar-refractivity contribution in [3.63, 3.8) is 0 Å². The fourth-order valence-corrected chi connectivity index (χ4v) is 2.17. The topological polar surface area (TPSA) is 75.3 Å². The average Bonchev–Trinajstić information content (AvgIpc) is 2.38. The van der Waals surface area contributed by atoms with Crippen LogP contribution in [0.2, 0.25) is 5.02 Å². The molecule has 0 saturated heterocycles. The Balaban J connectivity index is 2.65. The van der Waals surface area contributed by atoms with Crippen LogP contribution in [0.3, 0.4) is 0 Å². The third-order valence-corrected chi connectivity index (χ3v) is 3.66. The lowest BCUT2D eigenvalue weighted by Gasteiger charge is -2.23. The van der Waals surface area contributed by atoms with E-state index in [1.54, 1.807) is 18.2 Å². The van der Waals surface area contributed by atoms with Crippen molar-refractivity contribution in [2.24, 2.45) is 11.7 Å². The highest BCUT2D eigenvalue weighted by molar-refractivity contribution is 6.31. The van der Waals surface area contributed by atoms with Crippen molar-refractivity contribution >= 4 is 17.5 Å². The lowest BCUT2D eigenvalue weighted by Crippen LogP contribution is -2.47. The molecule has 0 aliphatic heterocycles. The van der Waals surface area contributed by atoms with E-state index in [0.29, 0.717) is 10.6 Å². The molecule has 1 aromatic carbocycles. The minimum absolute atomic E-state index is 0.121. The standard InChI is InChI=1S/C14H21ClN2O2/c1-3-9(2)13(14(16)19)17-8-12(18)10-6-4-5-7-11(10)15/h4-7,9,12-13,17-18H,3,8H2,1-2H3,(H2,16,19). The molecule has 1 amide bonds. The maximum Gasteiger partial charge on any atom is 0.234 e. The minimum atomic E-state index is -0.764. The van der Waals surface area contributed by atoms with Gasteiger partial charge in [0.05, 0.1) is 12.1 Å². The van der Waals surface area contributed by atoms with Crippen LogP contribution in [0.15, 0.2) is 24.3 Å². The first-order valence-corrected chi connectivity index (χ1v) is 6.80. The molecule has 0 fully saturated rings. The molecular weight excluding hydrogens is 264 g/mol. The number of nitrogens with one attached hydrogen (secondary N) is 1. The number of primary amides is 1. The molecule has 0 aromatic heterocycles. The summed E-state index contributed by atoms with van der Waals surface area (Å²) in [6.07, 6.45) is 0.0719. The molecule has 3 unspecified atom stereocenters. The van der Waals surface area contributed by atoms with Crippen molar-refractivity contribution in [3.05, 3.63) is 34.9 Å². The number of amides is 1. The van der Waals surface area contributed by atoms with Crippen LogP contribution in [-0.2, 0) is 4.79 Å². The molecule has 0 aliphatic rings. The summed E-state index contributed by atoms with van der Waals surface area (Å²) in [5.41, 5.74) is 6.00. The minimum Gasteiger partial charge on any atom is -0.387 e. The Hall–Kier alpha value is -1.10. The van der Waals surface area contributed by atoms with E-state index < -0.39 is 18.1 Å². The van der Waals surface area contributed by atoms with Crippen LogP contribution in [0.5, 0.6) is 0 Å². The van der Waals surface area contributed by atoms with E-state index in [2.05, 4.69) is 5.32 Å². The zero-order chi connectivity index (χ0) is 14.4. The molecule has 106 valence electrons. The smallest absolute Gasteiger partial charge is 0.234 e. The van der Waals surface area contributed by atoms with Gasteiger partial charge in [0.2, 0.25) is 5.91 Å². The molecule has 3 atom stereocenters. The van der Waals surface area contributed by atoms with E-state index in [0.717, 1.165) is 6.42 Å². The summed E-state index contributed by atoms with van der Waals surface area (Å²) in [6.45, 7) is 4.18. The summed E-state index contributed by atoms with van der Waals surface area (Å²) >= 11 is 6.01. The van der Waals surface area contributed by atoms with Crippen molar-refractivity contribution in [1.82, 2.24) is 5.32 Å². The van der Waals surface area contributed by atoms with E-state index >= 15 is 0 Å². The number of carbonyl (C=O) groups excluding carboxylic acids is 1. The summed E-state index contributed by atoms with van der Waals surface area (Å²) in [5, 5.41) is 13.6. The zero-order valence-corrected chi connectivity index (χ0v) is 12.0. The van der Waals surface area contributed by atoms with E-state index in [9.17, 15) is 9.90 Å². The second-order valence-corrected chi connectivity index (χ2v) is 5.12. The van der Waals surface area contributed by atoms with E-state index in [1.807, 2.05) is 19.9 Å². The second-order valence-electron chi connectivity index (χ2n) is 4.71. The van der Waals surface area contributed by atoms with E-state index in [4.69, 9.17) is 17.3 Å². The summed E-state index contributed by atoms with van der Waals surface area (Å²) in [4.78, 5) is 11.4. The molecule has 0 aliphatic carbocycles. The van der Waals surface area contributed by atoms with Crippen molar-refractivity contribution in [2.45, 2.75) is 32.4 Å². The number of rotatable bonds is 7. The first-order valence-electron chi connectivity index (χ1n) is 6.42. The van der Waals surface area contributed by atoms with Crippen molar-refractivity contribution < 1.29 is 9.90 Å². The molecule has 19 heavy (non-hydrogen) atoms. The van der Waals surface area contributed by atoms with Gasteiger partial charge in [-0.05, 0) is 12.0 Å². The van der Waals surface area contributed by atoms with Crippen LogP contribution < -0.4 is 11.1 Å². The SMILES string of the molecule is CCC(C)C(NCC(O)c1ccccc1Cl)C(N)=O. The predicted molar refractivity (Wildman–Crippen MR) is 76.9 cm³/mol. The quantitative estimate of drug-likeness (QED) is 0.715. The molecule has 0 heterocycles. The van der Waals surface area contributed by atoms with E-state index in [-0.39, 0.29) is 12.5 Å². The number of nitrogens with two attached hydrogens (primary N) is 1. The van der Waals surface area contributed by atoms with Gasteiger partial charge in [0.15, 0.2) is 0 Å².